The van der Waals surface area contributed by atoms with Gasteiger partial charge >= 0.3 is 0 Å². The van der Waals surface area contributed by atoms with E-state index in [2.05, 4.69) is 291 Å². The quantitative estimate of drug-likeness (QED) is 0.152. The molecule has 13 aromatic carbocycles. The number of fused-ring (bicyclic) bond motifs is 22. The predicted octanol–water partition coefficient (Wildman–Crippen LogP) is 22.2. The Hall–Kier alpha value is -10.6. The van der Waals surface area contributed by atoms with Gasteiger partial charge in [-0.2, -0.15) is 0 Å². The fraction of sp³-hybridized carbons (Fsp3) is 0.0864. The number of nitrogens with zero attached hydrogens (tertiary/aromatic N) is 3. The maximum absolute atomic E-state index is 7.17. The molecule has 408 valence electrons. The molecule has 16 aromatic rings. The number of hydrogen-bond acceptors (Lipinski definition) is 4. The van der Waals surface area contributed by atoms with E-state index in [0.29, 0.717) is 0 Å². The largest absolute Gasteiger partial charge is 0.454 e. The van der Waals surface area contributed by atoms with Crippen LogP contribution in [0.1, 0.15) is 58.4 Å². The molecule has 0 bridgehead atoms. The van der Waals surface area contributed by atoms with Crippen LogP contribution < -0.4 is 9.80 Å². The van der Waals surface area contributed by atoms with Gasteiger partial charge in [0.15, 0.2) is 11.2 Å². The minimum Gasteiger partial charge on any atom is -0.454 e. The van der Waals surface area contributed by atoms with Crippen molar-refractivity contribution in [3.63, 3.8) is 0 Å². The SMILES string of the molecule is CCc1ccc(N(c2ccc3c(c2)c2cc(N(c4ccc(CC)cc4)c4cccc5c4oc4c(C)cccc45)cc4c2n3-c2ccccc2C42c3ccc4ccccc4c3-c3c2ccc2ccccc32)c2cccc3c2oc2c(C)cccc23)cc1. The van der Waals surface area contributed by atoms with Crippen molar-refractivity contribution in [2.24, 2.45) is 0 Å². The molecule has 1 spiro atoms. The third-order valence-electron chi connectivity index (χ3n) is 19.3. The smallest absolute Gasteiger partial charge is 0.159 e. The number of para-hydroxylation sites is 5. The fourth-order valence-corrected chi connectivity index (χ4v) is 15.3. The summed E-state index contributed by atoms with van der Waals surface area (Å²) in [5.41, 5.74) is 24.8. The zero-order valence-electron chi connectivity index (χ0n) is 48.2. The number of benzene rings is 13. The highest BCUT2D eigenvalue weighted by molar-refractivity contribution is 6.19. The van der Waals surface area contributed by atoms with Gasteiger partial charge in [-0.15, -0.1) is 0 Å². The van der Waals surface area contributed by atoms with Crippen molar-refractivity contribution >= 4 is 121 Å². The van der Waals surface area contributed by atoms with Crippen LogP contribution in [-0.2, 0) is 18.3 Å². The molecule has 4 heterocycles. The van der Waals surface area contributed by atoms with E-state index < -0.39 is 5.41 Å². The van der Waals surface area contributed by atoms with Crippen molar-refractivity contribution in [3.8, 4) is 16.8 Å². The molecule has 0 unspecified atom stereocenters. The molecule has 5 heteroatoms. The molecule has 2 aliphatic rings. The second-order valence-corrected chi connectivity index (χ2v) is 23.7. The van der Waals surface area contributed by atoms with Crippen LogP contribution in [0.2, 0.25) is 0 Å². The van der Waals surface area contributed by atoms with Gasteiger partial charge in [-0.1, -0.05) is 190 Å². The zero-order chi connectivity index (χ0) is 57.1. The molecule has 0 saturated carbocycles. The van der Waals surface area contributed by atoms with Crippen molar-refractivity contribution < 1.29 is 8.83 Å². The number of aromatic nitrogens is 1. The highest BCUT2D eigenvalue weighted by Gasteiger charge is 2.52. The summed E-state index contributed by atoms with van der Waals surface area (Å²) >= 11 is 0. The number of anilines is 6. The molecule has 3 aromatic heterocycles. The zero-order valence-corrected chi connectivity index (χ0v) is 48.2. The van der Waals surface area contributed by atoms with Crippen LogP contribution in [0.25, 0.3) is 104 Å². The van der Waals surface area contributed by atoms with Gasteiger partial charge in [-0.3, -0.25) is 0 Å². The molecular weight excluding hydrogens is 1050 g/mol. The molecule has 1 aliphatic carbocycles. The standard InChI is InChI=1S/C81H57N3O2/c1-5-50-31-37-54(38-32-50)82(72-29-15-25-62-60-23-13-17-48(3)77(60)85-79(62)72)56-41-44-70-64(45-56)65-46-57(83(55-39-33-51(6-2)34-40-55)73-30-16-26-63-61-24-14-18-49(4)78(61)86-80(63)73)47-69-76(65)84(70)71-28-12-11-27-66(71)81(69)67-42-35-52-19-7-9-21-58(52)74(67)75-59-22-10-8-20-53(59)36-43-68(75)81/h7-47H,5-6H2,1-4H3. The topological polar surface area (TPSA) is 37.7 Å². The molecule has 18 rings (SSSR count). The van der Waals surface area contributed by atoms with E-state index in [4.69, 9.17) is 8.83 Å². The van der Waals surface area contributed by atoms with Gasteiger partial charge in [0.05, 0.1) is 33.5 Å². The maximum Gasteiger partial charge on any atom is 0.159 e. The Morgan fingerprint density at radius 2 is 0.814 bits per heavy atom. The van der Waals surface area contributed by atoms with Gasteiger partial charge in [0.2, 0.25) is 0 Å². The Morgan fingerprint density at radius 3 is 1.37 bits per heavy atom. The van der Waals surface area contributed by atoms with Crippen LogP contribution in [0.3, 0.4) is 0 Å². The number of furan rings is 2. The first kappa shape index (κ1) is 48.9. The van der Waals surface area contributed by atoms with Crippen LogP contribution in [0.15, 0.2) is 258 Å². The summed E-state index contributed by atoms with van der Waals surface area (Å²) in [5, 5.41) is 11.7. The van der Waals surface area contributed by atoms with E-state index in [1.165, 1.54) is 77.3 Å². The monoisotopic (exact) mass is 1100 g/mol. The minimum absolute atomic E-state index is 0.765. The molecule has 0 saturated heterocycles. The summed E-state index contributed by atoms with van der Waals surface area (Å²) in [6, 6.07) is 93.5. The summed E-state index contributed by atoms with van der Waals surface area (Å²) in [4.78, 5) is 4.88. The molecule has 0 amide bonds. The lowest BCUT2D eigenvalue weighted by Crippen LogP contribution is -2.33. The van der Waals surface area contributed by atoms with E-state index in [1.54, 1.807) is 0 Å². The molecule has 0 atom stereocenters. The van der Waals surface area contributed by atoms with Gasteiger partial charge in [-0.05, 0) is 177 Å². The van der Waals surface area contributed by atoms with Gasteiger partial charge in [0.1, 0.15) is 11.2 Å². The van der Waals surface area contributed by atoms with Gasteiger partial charge in [0.25, 0.3) is 0 Å². The Morgan fingerprint density at radius 1 is 0.349 bits per heavy atom. The second kappa shape index (κ2) is 18.2. The molecule has 86 heavy (non-hydrogen) atoms. The van der Waals surface area contributed by atoms with E-state index in [0.717, 1.165) is 118 Å². The Kier molecular flexibility index (Phi) is 10.3. The summed E-state index contributed by atoms with van der Waals surface area (Å²) in [6.45, 7) is 8.74. The van der Waals surface area contributed by atoms with Crippen LogP contribution >= 0.6 is 0 Å². The maximum atomic E-state index is 7.17. The van der Waals surface area contributed by atoms with Crippen molar-refractivity contribution in [2.45, 2.75) is 46.0 Å². The third-order valence-corrected chi connectivity index (χ3v) is 19.3. The first-order valence-electron chi connectivity index (χ1n) is 30.3. The highest BCUT2D eigenvalue weighted by Crippen LogP contribution is 2.64. The van der Waals surface area contributed by atoms with Gasteiger partial charge < -0.3 is 23.2 Å². The van der Waals surface area contributed by atoms with E-state index in [1.807, 2.05) is 0 Å². The molecule has 0 N–H and O–H groups in total. The van der Waals surface area contributed by atoms with E-state index in [-0.39, 0.29) is 0 Å². The van der Waals surface area contributed by atoms with Gasteiger partial charge in [-0.25, -0.2) is 0 Å². The highest BCUT2D eigenvalue weighted by atomic mass is 16.3. The number of hydrogen-bond donors (Lipinski definition) is 0. The Balaban J connectivity index is 1.01. The first-order valence-corrected chi connectivity index (χ1v) is 30.3. The van der Waals surface area contributed by atoms with E-state index in [9.17, 15) is 0 Å². The molecular formula is C81H57N3O2. The summed E-state index contributed by atoms with van der Waals surface area (Å²) in [7, 11) is 0. The molecule has 0 fully saturated rings. The normalized spacial score (nSPS) is 13.1. The summed E-state index contributed by atoms with van der Waals surface area (Å²) < 4.78 is 16.8. The fourth-order valence-electron chi connectivity index (χ4n) is 15.3. The van der Waals surface area contributed by atoms with Crippen molar-refractivity contribution in [2.75, 3.05) is 9.80 Å². The van der Waals surface area contributed by atoms with Crippen molar-refractivity contribution in [1.82, 2.24) is 4.57 Å². The van der Waals surface area contributed by atoms with E-state index >= 15 is 0 Å². The molecule has 0 radical (unpaired) electrons. The van der Waals surface area contributed by atoms with Crippen LogP contribution in [-0.4, -0.2) is 4.57 Å². The van der Waals surface area contributed by atoms with Crippen LogP contribution in [0.5, 0.6) is 0 Å². The van der Waals surface area contributed by atoms with Crippen molar-refractivity contribution in [1.29, 1.82) is 0 Å². The van der Waals surface area contributed by atoms with Gasteiger partial charge in [0, 0.05) is 55.1 Å². The lowest BCUT2D eigenvalue weighted by atomic mass is 9.65. The van der Waals surface area contributed by atoms with Crippen LogP contribution in [0, 0.1) is 13.8 Å². The third kappa shape index (κ3) is 6.60. The molecule has 1 aliphatic heterocycles. The number of rotatable bonds is 8. The Labute approximate surface area is 497 Å². The average Bonchev–Trinajstić information content (AvgIpc) is 1.47. The average molecular weight is 1100 g/mol. The van der Waals surface area contributed by atoms with Crippen LogP contribution in [0.4, 0.5) is 34.1 Å². The first-order chi connectivity index (χ1) is 42.4. The Bertz CT molecular complexity index is 5460. The van der Waals surface area contributed by atoms with Crippen molar-refractivity contribution in [3.05, 3.63) is 293 Å². The summed E-state index contributed by atoms with van der Waals surface area (Å²) in [6.07, 6.45) is 1.88. The second-order valence-electron chi connectivity index (χ2n) is 23.7. The lowest BCUT2D eigenvalue weighted by Gasteiger charge is -2.40. The predicted molar refractivity (Wildman–Crippen MR) is 359 cm³/mol. The lowest BCUT2D eigenvalue weighted by molar-refractivity contribution is 0.665. The summed E-state index contributed by atoms with van der Waals surface area (Å²) in [5.74, 6) is 0. The molecule has 5 nitrogen and oxygen atoms in total. The number of aryl methyl sites for hydroxylation is 4. The minimum atomic E-state index is -0.765.